The molecule has 0 amide bonds. The Labute approximate surface area is 61.3 Å². The zero-order valence-corrected chi connectivity index (χ0v) is 6.06. The van der Waals surface area contributed by atoms with Crippen molar-refractivity contribution in [2.45, 2.75) is 32.1 Å². The van der Waals surface area contributed by atoms with Gasteiger partial charge in [0.05, 0.1) is 6.07 Å². The first kappa shape index (κ1) is 7.14. The van der Waals surface area contributed by atoms with Gasteiger partial charge in [0.15, 0.2) is 0 Å². The molecule has 2 nitrogen and oxygen atoms in total. The van der Waals surface area contributed by atoms with Crippen LogP contribution in [0.4, 0.5) is 0 Å². The van der Waals surface area contributed by atoms with Crippen LogP contribution in [0.25, 0.3) is 0 Å². The molecule has 0 atom stereocenters. The topological polar surface area (TPSA) is 49.8 Å². The second-order valence-corrected chi connectivity index (χ2v) is 2.68. The van der Waals surface area contributed by atoms with Gasteiger partial charge in [-0.2, -0.15) is 5.26 Å². The first-order valence-corrected chi connectivity index (χ1v) is 3.72. The maximum absolute atomic E-state index is 8.60. The summed E-state index contributed by atoms with van der Waals surface area (Å²) in [6.45, 7) is 0. The minimum absolute atomic E-state index is 0.817. The lowest BCUT2D eigenvalue weighted by atomic mass is 10.1. The van der Waals surface area contributed by atoms with Gasteiger partial charge >= 0.3 is 0 Å². The summed E-state index contributed by atoms with van der Waals surface area (Å²) in [5.41, 5.74) is 7.28. The van der Waals surface area contributed by atoms with Gasteiger partial charge < -0.3 is 5.73 Å². The average Bonchev–Trinajstić information content (AvgIpc) is 2.13. The van der Waals surface area contributed by atoms with E-state index < -0.39 is 0 Å². The summed E-state index contributed by atoms with van der Waals surface area (Å²) < 4.78 is 0. The van der Waals surface area contributed by atoms with Gasteiger partial charge in [0.1, 0.15) is 0 Å². The average molecular weight is 136 g/mol. The van der Waals surface area contributed by atoms with E-state index in [1.165, 1.54) is 6.42 Å². The Morgan fingerprint density at radius 1 is 1.20 bits per heavy atom. The molecule has 1 aliphatic rings. The maximum atomic E-state index is 8.60. The number of rotatable bonds is 0. The predicted octanol–water partition coefficient (Wildman–Crippen LogP) is 1.69. The molecule has 0 saturated carbocycles. The molecule has 0 aromatic rings. The minimum atomic E-state index is 0.817. The van der Waals surface area contributed by atoms with Crippen LogP contribution in [0.3, 0.4) is 0 Å². The summed E-state index contributed by atoms with van der Waals surface area (Å²) in [5, 5.41) is 8.60. The van der Waals surface area contributed by atoms with E-state index in [2.05, 4.69) is 6.07 Å². The smallest absolute Gasteiger partial charge is 0.0965 e. The van der Waals surface area contributed by atoms with E-state index in [4.69, 9.17) is 11.0 Å². The lowest BCUT2D eigenvalue weighted by Gasteiger charge is -1.96. The van der Waals surface area contributed by atoms with Crippen LogP contribution in [0.15, 0.2) is 11.3 Å². The summed E-state index contributed by atoms with van der Waals surface area (Å²) in [5.74, 6) is 0. The predicted molar refractivity (Wildman–Crippen MR) is 39.9 cm³/mol. The highest BCUT2D eigenvalue weighted by molar-refractivity contribution is 5.26. The lowest BCUT2D eigenvalue weighted by Crippen LogP contribution is -1.99. The van der Waals surface area contributed by atoms with Gasteiger partial charge in [0.2, 0.25) is 0 Å². The van der Waals surface area contributed by atoms with E-state index in [0.717, 1.165) is 37.0 Å². The maximum Gasteiger partial charge on any atom is 0.0965 e. The van der Waals surface area contributed by atoms with Gasteiger partial charge in [-0.05, 0) is 25.7 Å². The summed E-state index contributed by atoms with van der Waals surface area (Å²) in [6, 6.07) is 2.15. The summed E-state index contributed by atoms with van der Waals surface area (Å²) in [7, 11) is 0. The standard InChI is InChI=1S/C8H12N2/c9-6-7-4-2-1-3-5-8(7)10/h1-5,10H2. The third-order valence-corrected chi connectivity index (χ3v) is 1.90. The monoisotopic (exact) mass is 136 g/mol. The van der Waals surface area contributed by atoms with Gasteiger partial charge in [0, 0.05) is 11.3 Å². The van der Waals surface area contributed by atoms with E-state index in [0.29, 0.717) is 0 Å². The zero-order valence-electron chi connectivity index (χ0n) is 6.06. The Morgan fingerprint density at radius 2 is 1.90 bits per heavy atom. The van der Waals surface area contributed by atoms with E-state index in [1.807, 2.05) is 0 Å². The van der Waals surface area contributed by atoms with Crippen molar-refractivity contribution in [3.8, 4) is 6.07 Å². The molecule has 0 aliphatic heterocycles. The van der Waals surface area contributed by atoms with Crippen LogP contribution in [-0.4, -0.2) is 0 Å². The molecule has 0 heterocycles. The van der Waals surface area contributed by atoms with Gasteiger partial charge in [-0.1, -0.05) is 6.42 Å². The molecule has 54 valence electrons. The van der Waals surface area contributed by atoms with Crippen LogP contribution in [-0.2, 0) is 0 Å². The number of nitrogens with zero attached hydrogens (tertiary/aromatic N) is 1. The molecule has 0 aromatic carbocycles. The van der Waals surface area contributed by atoms with Crippen molar-refractivity contribution in [2.24, 2.45) is 5.73 Å². The van der Waals surface area contributed by atoms with Crippen LogP contribution in [0.1, 0.15) is 32.1 Å². The fourth-order valence-corrected chi connectivity index (χ4v) is 1.23. The number of allylic oxidation sites excluding steroid dienone is 2. The third kappa shape index (κ3) is 1.51. The van der Waals surface area contributed by atoms with Crippen molar-refractivity contribution in [1.29, 1.82) is 5.26 Å². The summed E-state index contributed by atoms with van der Waals surface area (Å²) >= 11 is 0. The van der Waals surface area contributed by atoms with Crippen molar-refractivity contribution in [3.63, 3.8) is 0 Å². The van der Waals surface area contributed by atoms with Crippen molar-refractivity contribution >= 4 is 0 Å². The molecule has 2 N–H and O–H groups in total. The molecule has 0 spiro atoms. The van der Waals surface area contributed by atoms with Crippen LogP contribution in [0.2, 0.25) is 0 Å². The van der Waals surface area contributed by atoms with Crippen LogP contribution < -0.4 is 5.73 Å². The van der Waals surface area contributed by atoms with Gasteiger partial charge in [-0.15, -0.1) is 0 Å². The second-order valence-electron chi connectivity index (χ2n) is 2.68. The van der Waals surface area contributed by atoms with Gasteiger partial charge in [-0.3, -0.25) is 0 Å². The molecule has 0 fully saturated rings. The number of nitrogens with two attached hydrogens (primary N) is 1. The van der Waals surface area contributed by atoms with E-state index in [1.54, 1.807) is 0 Å². The van der Waals surface area contributed by atoms with Crippen LogP contribution in [0.5, 0.6) is 0 Å². The Morgan fingerprint density at radius 3 is 2.60 bits per heavy atom. The highest BCUT2D eigenvalue weighted by Crippen LogP contribution is 2.19. The Balaban J connectivity index is 2.70. The normalized spacial score (nSPS) is 19.9. The molecule has 0 radical (unpaired) electrons. The van der Waals surface area contributed by atoms with Crippen molar-refractivity contribution in [1.82, 2.24) is 0 Å². The lowest BCUT2D eigenvalue weighted by molar-refractivity contribution is 0.707. The molecule has 0 bridgehead atoms. The number of hydrogen-bond acceptors (Lipinski definition) is 2. The molecule has 0 aromatic heterocycles. The fraction of sp³-hybridized carbons (Fsp3) is 0.625. The van der Waals surface area contributed by atoms with Crippen molar-refractivity contribution in [2.75, 3.05) is 0 Å². The molecular weight excluding hydrogens is 124 g/mol. The van der Waals surface area contributed by atoms with Gasteiger partial charge in [0.25, 0.3) is 0 Å². The van der Waals surface area contributed by atoms with Gasteiger partial charge in [-0.25, -0.2) is 0 Å². The SMILES string of the molecule is N#CC1=C(N)CCCCC1. The fourth-order valence-electron chi connectivity index (χ4n) is 1.23. The zero-order chi connectivity index (χ0) is 7.40. The molecule has 1 rings (SSSR count). The van der Waals surface area contributed by atoms with Crippen molar-refractivity contribution in [3.05, 3.63) is 11.3 Å². The first-order valence-electron chi connectivity index (χ1n) is 3.72. The highest BCUT2D eigenvalue weighted by Gasteiger charge is 2.06. The summed E-state index contributed by atoms with van der Waals surface area (Å²) in [6.07, 6.45) is 5.30. The Kier molecular flexibility index (Phi) is 2.33. The first-order chi connectivity index (χ1) is 4.84. The number of nitriles is 1. The Hall–Kier alpha value is -0.970. The highest BCUT2D eigenvalue weighted by atomic mass is 14.6. The van der Waals surface area contributed by atoms with E-state index >= 15 is 0 Å². The quantitative estimate of drug-likeness (QED) is 0.551. The molecule has 1 aliphatic carbocycles. The Bertz CT molecular complexity index is 186. The minimum Gasteiger partial charge on any atom is -0.401 e. The third-order valence-electron chi connectivity index (χ3n) is 1.90. The summed E-state index contributed by atoms with van der Waals surface area (Å²) in [4.78, 5) is 0. The van der Waals surface area contributed by atoms with E-state index in [9.17, 15) is 0 Å². The number of hydrogen-bond donors (Lipinski definition) is 1. The van der Waals surface area contributed by atoms with E-state index in [-0.39, 0.29) is 0 Å². The molecule has 0 unspecified atom stereocenters. The molecular formula is C8H12N2. The largest absolute Gasteiger partial charge is 0.401 e. The molecule has 0 saturated heterocycles. The van der Waals surface area contributed by atoms with Crippen LogP contribution >= 0.6 is 0 Å². The molecule has 2 heteroatoms. The van der Waals surface area contributed by atoms with Crippen LogP contribution in [0, 0.1) is 11.3 Å². The van der Waals surface area contributed by atoms with Crippen molar-refractivity contribution < 1.29 is 0 Å². The molecule has 10 heavy (non-hydrogen) atoms. The second kappa shape index (κ2) is 3.26.